The van der Waals surface area contributed by atoms with Crippen molar-refractivity contribution in [2.75, 3.05) is 12.3 Å². The van der Waals surface area contributed by atoms with Crippen LogP contribution in [-0.4, -0.2) is 81.1 Å². The second kappa shape index (κ2) is 17.0. The van der Waals surface area contributed by atoms with Crippen molar-refractivity contribution in [2.45, 2.75) is 58.4 Å². The van der Waals surface area contributed by atoms with Gasteiger partial charge in [0.2, 0.25) is 12.4 Å². The van der Waals surface area contributed by atoms with E-state index < -0.39 is 54.6 Å². The predicted molar refractivity (Wildman–Crippen MR) is 227 cm³/mol. The fourth-order valence-corrected chi connectivity index (χ4v) is 7.45. The first-order valence-electron chi connectivity index (χ1n) is 19.4. The largest absolute Gasteiger partial charge is 0.463 e. The number of hydrogen-bond acceptors (Lipinski definition) is 13. The average molecular weight is 824 g/mol. The van der Waals surface area contributed by atoms with Gasteiger partial charge in [-0.1, -0.05) is 24.3 Å². The lowest BCUT2D eigenvalue weighted by atomic mass is 9.98. The SMILES string of the molecule is CC(=O)OC[C@H]1O[C@@H](Oc2ccc(-c3c4nc(cc5ccc([nH]5)c(-c5ccc(N)cc5)c5nc(cc6ccc3[nH]6)C=C5)C=C4)cc2)[C@H](OC(C)=O)[C@@H](OC(C)=O)[C@@H]1OC(C)=O. The zero-order valence-electron chi connectivity index (χ0n) is 33.5. The van der Waals surface area contributed by atoms with E-state index in [2.05, 4.69) is 9.97 Å². The maximum absolute atomic E-state index is 12.4. The van der Waals surface area contributed by atoms with Crippen molar-refractivity contribution in [3.05, 3.63) is 108 Å². The molecule has 3 aromatic heterocycles. The minimum absolute atomic E-state index is 0.291. The summed E-state index contributed by atoms with van der Waals surface area (Å²) in [5, 5.41) is 0. The van der Waals surface area contributed by atoms with E-state index in [0.717, 1.165) is 75.2 Å². The van der Waals surface area contributed by atoms with Crippen LogP contribution in [0.4, 0.5) is 5.69 Å². The normalized spacial score (nSPS) is 19.2. The molecule has 5 aromatic rings. The fourth-order valence-electron chi connectivity index (χ4n) is 7.45. The molecule has 6 heterocycles. The summed E-state index contributed by atoms with van der Waals surface area (Å²) in [6, 6.07) is 26.7. The van der Waals surface area contributed by atoms with E-state index in [1.165, 1.54) is 13.8 Å². The zero-order chi connectivity index (χ0) is 42.8. The first kappa shape index (κ1) is 40.3. The number of benzene rings is 2. The van der Waals surface area contributed by atoms with Gasteiger partial charge in [-0.15, -0.1) is 0 Å². The minimum Gasteiger partial charge on any atom is -0.463 e. The summed E-state index contributed by atoms with van der Waals surface area (Å²) in [5.41, 5.74) is 16.5. The molecule has 1 saturated heterocycles. The molecule has 0 saturated carbocycles. The smallest absolute Gasteiger partial charge is 0.303 e. The maximum atomic E-state index is 12.4. The molecule has 5 atom stereocenters. The lowest BCUT2D eigenvalue weighted by molar-refractivity contribution is -0.288. The van der Waals surface area contributed by atoms with Gasteiger partial charge in [-0.05, 0) is 96.1 Å². The van der Waals surface area contributed by atoms with E-state index in [1.54, 1.807) is 12.1 Å². The summed E-state index contributed by atoms with van der Waals surface area (Å²) in [7, 11) is 0. The maximum Gasteiger partial charge on any atom is 0.303 e. The Hall–Kier alpha value is -7.52. The van der Waals surface area contributed by atoms with Gasteiger partial charge in [-0.2, -0.15) is 0 Å². The number of nitrogens with one attached hydrogen (secondary N) is 2. The number of esters is 4. The van der Waals surface area contributed by atoms with Crippen molar-refractivity contribution < 1.29 is 47.6 Å². The number of anilines is 1. The van der Waals surface area contributed by atoms with Gasteiger partial charge in [0, 0.05) is 66.6 Å². The summed E-state index contributed by atoms with van der Waals surface area (Å²) < 4.78 is 34.2. The number of rotatable bonds is 9. The minimum atomic E-state index is -1.39. The van der Waals surface area contributed by atoms with Crippen LogP contribution in [0.3, 0.4) is 0 Å². The predicted octanol–water partition coefficient (Wildman–Crippen LogP) is 7.03. The molecule has 8 rings (SSSR count). The van der Waals surface area contributed by atoms with Gasteiger partial charge in [-0.25, -0.2) is 9.97 Å². The number of aromatic amines is 2. The average Bonchev–Trinajstić information content (AvgIpc) is 4.05. The first-order chi connectivity index (χ1) is 29.4. The number of ether oxygens (including phenoxy) is 6. The van der Waals surface area contributed by atoms with Crippen LogP contribution in [-0.2, 0) is 42.9 Å². The van der Waals surface area contributed by atoms with E-state index in [-0.39, 0.29) is 6.61 Å². The highest BCUT2D eigenvalue weighted by Crippen LogP contribution is 2.35. The van der Waals surface area contributed by atoms with E-state index >= 15 is 0 Å². The molecule has 15 heteroatoms. The Morgan fingerprint density at radius 2 is 1.10 bits per heavy atom. The zero-order valence-corrected chi connectivity index (χ0v) is 33.5. The highest BCUT2D eigenvalue weighted by Gasteiger charge is 2.53. The number of nitrogens with zero attached hydrogens (tertiary/aromatic N) is 2. The summed E-state index contributed by atoms with van der Waals surface area (Å²) in [4.78, 5) is 65.7. The van der Waals surface area contributed by atoms with Crippen molar-refractivity contribution in [3.8, 4) is 28.0 Å². The van der Waals surface area contributed by atoms with Crippen LogP contribution in [0, 0.1) is 0 Å². The van der Waals surface area contributed by atoms with Crippen molar-refractivity contribution in [1.29, 1.82) is 0 Å². The number of aromatic nitrogens is 4. The number of fused-ring (bicyclic) bond motifs is 8. The van der Waals surface area contributed by atoms with Crippen molar-refractivity contribution in [2.24, 2.45) is 0 Å². The lowest BCUT2D eigenvalue weighted by Gasteiger charge is -2.43. The molecule has 8 bridgehead atoms. The van der Waals surface area contributed by atoms with Gasteiger partial charge in [0.15, 0.2) is 12.2 Å². The number of nitrogens with two attached hydrogens (primary N) is 1. The van der Waals surface area contributed by atoms with Gasteiger partial charge in [0.05, 0.1) is 22.8 Å². The molecular formula is C46H41N5O10. The van der Waals surface area contributed by atoms with Crippen LogP contribution in [0.2, 0.25) is 0 Å². The summed E-state index contributed by atoms with van der Waals surface area (Å²) in [6.45, 7) is 4.30. The second-order valence-corrected chi connectivity index (χ2v) is 14.5. The third kappa shape index (κ3) is 9.06. The molecule has 61 heavy (non-hydrogen) atoms. The standard InChI is InChI=1S/C46H41N5O10/c1-24(52)56-23-40-43(57-25(2)53)44(58-26(3)54)45(59-27(4)55)46(61-40)60-35-15-7-29(8-16-35)42-38-19-13-33(50-38)21-31-11-17-36(48-31)41(28-5-9-30(47)10-6-28)37-18-12-32(49-37)22-34-14-20-39(42)51-34/h5-22,40,43-46,48,51H,23,47H2,1-4H3/t40-,43-,44+,45-,46-/m1/s1. The van der Waals surface area contributed by atoms with Crippen LogP contribution in [0.25, 0.3) is 68.6 Å². The Labute approximate surface area is 349 Å². The molecule has 0 aliphatic carbocycles. The fraction of sp³-hybridized carbons (Fsp3) is 0.217. The number of hydrogen-bond donors (Lipinski definition) is 3. The molecule has 0 spiro atoms. The van der Waals surface area contributed by atoms with Gasteiger partial charge in [0.1, 0.15) is 18.5 Å². The number of carbonyl (C=O) groups excluding carboxylic acids is 4. The Kier molecular flexibility index (Phi) is 11.2. The van der Waals surface area contributed by atoms with Gasteiger partial charge >= 0.3 is 23.9 Å². The highest BCUT2D eigenvalue weighted by atomic mass is 16.7. The summed E-state index contributed by atoms with van der Waals surface area (Å²) >= 11 is 0. The molecule has 3 aliphatic heterocycles. The van der Waals surface area contributed by atoms with Gasteiger partial charge in [-0.3, -0.25) is 19.2 Å². The number of nitrogen functional groups attached to an aromatic ring is 1. The molecule has 15 nitrogen and oxygen atoms in total. The molecule has 0 amide bonds. The molecular weight excluding hydrogens is 783 g/mol. The van der Waals surface area contributed by atoms with Crippen molar-refractivity contribution in [3.63, 3.8) is 0 Å². The Morgan fingerprint density at radius 1 is 0.607 bits per heavy atom. The van der Waals surface area contributed by atoms with Crippen molar-refractivity contribution >= 4 is 75.9 Å². The van der Waals surface area contributed by atoms with Gasteiger partial charge in [0.25, 0.3) is 0 Å². The number of H-pyrrole nitrogens is 2. The van der Waals surface area contributed by atoms with Gasteiger partial charge < -0.3 is 44.1 Å². The van der Waals surface area contributed by atoms with Crippen LogP contribution >= 0.6 is 0 Å². The summed E-state index contributed by atoms with van der Waals surface area (Å²) in [6.07, 6.45) is 1.25. The molecule has 4 N–H and O–H groups in total. The first-order valence-corrected chi connectivity index (χ1v) is 19.4. The van der Waals surface area contributed by atoms with Crippen molar-refractivity contribution in [1.82, 2.24) is 19.9 Å². The third-order valence-corrected chi connectivity index (χ3v) is 9.94. The molecule has 0 radical (unpaired) electrons. The molecule has 310 valence electrons. The van der Waals surface area contributed by atoms with Crippen LogP contribution in [0.1, 0.15) is 50.5 Å². The monoisotopic (exact) mass is 823 g/mol. The van der Waals surface area contributed by atoms with E-state index in [1.807, 2.05) is 97.1 Å². The van der Waals surface area contributed by atoms with E-state index in [0.29, 0.717) is 17.1 Å². The second-order valence-electron chi connectivity index (χ2n) is 14.5. The van der Waals surface area contributed by atoms with Crippen LogP contribution in [0.5, 0.6) is 5.75 Å². The Balaban J connectivity index is 1.18. The summed E-state index contributed by atoms with van der Waals surface area (Å²) in [5.74, 6) is -2.55. The Bertz CT molecular complexity index is 2750. The molecule has 3 aliphatic rings. The quantitative estimate of drug-likeness (QED) is 0.0760. The highest BCUT2D eigenvalue weighted by molar-refractivity contribution is 5.93. The van der Waals surface area contributed by atoms with E-state index in [9.17, 15) is 19.2 Å². The lowest BCUT2D eigenvalue weighted by Crippen LogP contribution is -2.63. The Morgan fingerprint density at radius 3 is 1.61 bits per heavy atom. The number of carbonyl (C=O) groups is 4. The topological polar surface area (TPSA) is 207 Å². The van der Waals surface area contributed by atoms with E-state index in [4.69, 9.17) is 44.1 Å². The van der Waals surface area contributed by atoms with Crippen LogP contribution in [0.15, 0.2) is 84.9 Å². The molecule has 2 aromatic carbocycles. The molecule has 1 fully saturated rings. The molecule has 0 unspecified atom stereocenters. The van der Waals surface area contributed by atoms with Crippen LogP contribution < -0.4 is 10.5 Å². The third-order valence-electron chi connectivity index (χ3n) is 9.94.